The highest BCUT2D eigenvalue weighted by molar-refractivity contribution is 6.32. The standard InChI is InChI=1S/C27H31ClN2O4/c1-27(2,15-18-7-8-19-5-3-4-6-21(19)13-18)29-16-23(31)17-34-26(20-9-10-20)22-11-12-24(28)25(14-22)30(32)33/h3-8,11-14,20,23,26,29,31H,9-10,15-17H2,1-2H3/t23-,26?/m1/s1. The monoisotopic (exact) mass is 482 g/mol. The molecule has 1 aliphatic rings. The minimum absolute atomic E-state index is 0.112. The van der Waals surface area contributed by atoms with Gasteiger partial charge in [-0.2, -0.15) is 0 Å². The van der Waals surface area contributed by atoms with Gasteiger partial charge in [-0.1, -0.05) is 60.1 Å². The Morgan fingerprint density at radius 3 is 2.59 bits per heavy atom. The lowest BCUT2D eigenvalue weighted by Crippen LogP contribution is -2.46. The van der Waals surface area contributed by atoms with E-state index in [2.05, 4.69) is 49.5 Å². The van der Waals surface area contributed by atoms with Crippen LogP contribution in [0.15, 0.2) is 60.7 Å². The van der Waals surface area contributed by atoms with Crippen molar-refractivity contribution in [3.63, 3.8) is 0 Å². The zero-order chi connectivity index (χ0) is 24.3. The van der Waals surface area contributed by atoms with Crippen LogP contribution < -0.4 is 5.32 Å². The summed E-state index contributed by atoms with van der Waals surface area (Å²) in [5, 5.41) is 27.9. The van der Waals surface area contributed by atoms with Gasteiger partial charge in [0.05, 0.1) is 23.7 Å². The predicted octanol–water partition coefficient (Wildman–Crippen LogP) is 5.84. The molecule has 0 aromatic heterocycles. The van der Waals surface area contributed by atoms with E-state index in [1.807, 2.05) is 12.1 Å². The van der Waals surface area contributed by atoms with E-state index in [4.69, 9.17) is 16.3 Å². The van der Waals surface area contributed by atoms with Crippen LogP contribution in [0.1, 0.15) is 43.9 Å². The molecule has 1 aliphatic carbocycles. The van der Waals surface area contributed by atoms with Crippen LogP contribution in [0.3, 0.4) is 0 Å². The van der Waals surface area contributed by atoms with E-state index >= 15 is 0 Å². The minimum atomic E-state index is -0.695. The molecule has 7 heteroatoms. The molecule has 0 radical (unpaired) electrons. The van der Waals surface area contributed by atoms with Crippen molar-refractivity contribution in [2.24, 2.45) is 5.92 Å². The summed E-state index contributed by atoms with van der Waals surface area (Å²) >= 11 is 5.96. The number of nitro benzene ring substituents is 1. The third-order valence-corrected chi connectivity index (χ3v) is 6.61. The summed E-state index contributed by atoms with van der Waals surface area (Å²) in [6.45, 7) is 4.78. The molecule has 2 atom stereocenters. The molecule has 0 saturated heterocycles. The van der Waals surface area contributed by atoms with Crippen LogP contribution in [-0.2, 0) is 11.2 Å². The molecule has 0 aliphatic heterocycles. The number of ether oxygens (including phenoxy) is 1. The first-order chi connectivity index (χ1) is 16.2. The summed E-state index contributed by atoms with van der Waals surface area (Å²) in [5.41, 5.74) is 1.64. The number of rotatable bonds is 11. The lowest BCUT2D eigenvalue weighted by Gasteiger charge is -2.29. The molecule has 4 rings (SSSR count). The quantitative estimate of drug-likeness (QED) is 0.265. The Morgan fingerprint density at radius 1 is 1.15 bits per heavy atom. The van der Waals surface area contributed by atoms with Gasteiger partial charge in [0.2, 0.25) is 0 Å². The van der Waals surface area contributed by atoms with E-state index in [9.17, 15) is 15.2 Å². The highest BCUT2D eigenvalue weighted by Gasteiger charge is 2.34. The van der Waals surface area contributed by atoms with Crippen molar-refractivity contribution < 1.29 is 14.8 Å². The zero-order valence-corrected chi connectivity index (χ0v) is 20.3. The van der Waals surface area contributed by atoms with Crippen LogP contribution in [0.5, 0.6) is 0 Å². The number of nitrogens with zero attached hydrogens (tertiary/aromatic N) is 1. The fraction of sp³-hybridized carbons (Fsp3) is 0.407. The second-order valence-corrected chi connectivity index (χ2v) is 10.2. The number of benzene rings is 3. The topological polar surface area (TPSA) is 84.6 Å². The van der Waals surface area contributed by atoms with E-state index in [-0.39, 0.29) is 29.0 Å². The molecule has 180 valence electrons. The van der Waals surface area contributed by atoms with Crippen LogP contribution >= 0.6 is 11.6 Å². The van der Waals surface area contributed by atoms with Crippen LogP contribution in [0.4, 0.5) is 5.69 Å². The number of nitrogens with one attached hydrogen (secondary N) is 1. The van der Waals surface area contributed by atoms with Gasteiger partial charge >= 0.3 is 0 Å². The highest BCUT2D eigenvalue weighted by atomic mass is 35.5. The molecule has 3 aromatic rings. The lowest BCUT2D eigenvalue weighted by molar-refractivity contribution is -0.384. The Labute approximate surface area is 205 Å². The van der Waals surface area contributed by atoms with Crippen LogP contribution in [0, 0.1) is 16.0 Å². The molecule has 0 heterocycles. The molecule has 6 nitrogen and oxygen atoms in total. The van der Waals surface area contributed by atoms with Gasteiger partial charge in [0, 0.05) is 18.2 Å². The molecule has 3 aromatic carbocycles. The number of hydrogen-bond donors (Lipinski definition) is 2. The van der Waals surface area contributed by atoms with Crippen molar-refractivity contribution in [1.29, 1.82) is 0 Å². The van der Waals surface area contributed by atoms with Crippen LogP contribution in [0.25, 0.3) is 10.8 Å². The second kappa shape index (κ2) is 10.4. The molecular weight excluding hydrogens is 452 g/mol. The molecular formula is C27H31ClN2O4. The van der Waals surface area contributed by atoms with Gasteiger partial charge in [-0.15, -0.1) is 0 Å². The van der Waals surface area contributed by atoms with Gasteiger partial charge in [0.1, 0.15) is 5.02 Å². The van der Waals surface area contributed by atoms with E-state index in [1.54, 1.807) is 12.1 Å². The maximum atomic E-state index is 11.3. The molecule has 1 unspecified atom stereocenters. The van der Waals surface area contributed by atoms with Crippen molar-refractivity contribution in [2.75, 3.05) is 13.2 Å². The number of fused-ring (bicyclic) bond motifs is 1. The minimum Gasteiger partial charge on any atom is -0.389 e. The Kier molecular flexibility index (Phi) is 7.53. The summed E-state index contributed by atoms with van der Waals surface area (Å²) in [7, 11) is 0. The van der Waals surface area contributed by atoms with E-state index in [0.29, 0.717) is 12.5 Å². The summed E-state index contributed by atoms with van der Waals surface area (Å²) in [6, 6.07) is 19.6. The first-order valence-electron chi connectivity index (χ1n) is 11.7. The smallest absolute Gasteiger partial charge is 0.288 e. The highest BCUT2D eigenvalue weighted by Crippen LogP contribution is 2.44. The first-order valence-corrected chi connectivity index (χ1v) is 12.1. The molecule has 34 heavy (non-hydrogen) atoms. The average Bonchev–Trinajstić information content (AvgIpc) is 3.63. The Bertz CT molecular complexity index is 1160. The van der Waals surface area contributed by atoms with Gasteiger partial charge in [-0.05, 0) is 67.0 Å². The maximum absolute atomic E-state index is 11.3. The number of aliphatic hydroxyl groups excluding tert-OH is 1. The largest absolute Gasteiger partial charge is 0.389 e. The first kappa shape index (κ1) is 24.6. The van der Waals surface area contributed by atoms with E-state index in [0.717, 1.165) is 24.8 Å². The summed E-state index contributed by atoms with van der Waals surface area (Å²) in [6.07, 6.45) is 1.86. The van der Waals surface area contributed by atoms with Gasteiger partial charge in [-0.25, -0.2) is 0 Å². The molecule has 1 saturated carbocycles. The third-order valence-electron chi connectivity index (χ3n) is 6.29. The third kappa shape index (κ3) is 6.33. The number of aliphatic hydroxyl groups is 1. The van der Waals surface area contributed by atoms with Crippen molar-refractivity contribution >= 4 is 28.1 Å². The van der Waals surface area contributed by atoms with Crippen molar-refractivity contribution in [1.82, 2.24) is 5.32 Å². The van der Waals surface area contributed by atoms with Gasteiger partial charge in [0.15, 0.2) is 0 Å². The lowest BCUT2D eigenvalue weighted by atomic mass is 9.93. The molecule has 0 spiro atoms. The summed E-state index contributed by atoms with van der Waals surface area (Å²) in [4.78, 5) is 10.8. The Hall–Kier alpha value is -2.51. The van der Waals surface area contributed by atoms with E-state index in [1.165, 1.54) is 22.4 Å². The summed E-state index contributed by atoms with van der Waals surface area (Å²) in [5.74, 6) is 0.310. The summed E-state index contributed by atoms with van der Waals surface area (Å²) < 4.78 is 6.06. The number of hydrogen-bond acceptors (Lipinski definition) is 5. The fourth-order valence-electron chi connectivity index (χ4n) is 4.34. The Morgan fingerprint density at radius 2 is 1.88 bits per heavy atom. The zero-order valence-electron chi connectivity index (χ0n) is 19.5. The van der Waals surface area contributed by atoms with Crippen molar-refractivity contribution in [3.8, 4) is 0 Å². The molecule has 1 fully saturated rings. The van der Waals surface area contributed by atoms with Crippen molar-refractivity contribution in [2.45, 2.75) is 50.9 Å². The number of β-amino-alcohol motifs (C(OH)–C–C–N with tert-alkyl or cyclic N) is 1. The van der Waals surface area contributed by atoms with E-state index < -0.39 is 11.0 Å². The van der Waals surface area contributed by atoms with Gasteiger partial charge in [0.25, 0.3) is 5.69 Å². The normalized spacial score (nSPS) is 15.9. The average molecular weight is 483 g/mol. The molecule has 0 amide bonds. The second-order valence-electron chi connectivity index (χ2n) is 9.84. The maximum Gasteiger partial charge on any atom is 0.288 e. The van der Waals surface area contributed by atoms with Crippen LogP contribution in [-0.4, -0.2) is 34.8 Å². The number of halogens is 1. The molecule has 2 N–H and O–H groups in total. The molecule has 0 bridgehead atoms. The predicted molar refractivity (Wildman–Crippen MR) is 135 cm³/mol. The number of nitro groups is 1. The SMILES string of the molecule is CC(C)(Cc1ccc2ccccc2c1)NC[C@@H](O)COC(c1ccc(Cl)c([N+](=O)[O-])c1)C1CC1. The van der Waals surface area contributed by atoms with Gasteiger partial charge < -0.3 is 15.2 Å². The fourth-order valence-corrected chi connectivity index (χ4v) is 4.53. The van der Waals surface area contributed by atoms with Crippen LogP contribution in [0.2, 0.25) is 5.02 Å². The Balaban J connectivity index is 1.32. The van der Waals surface area contributed by atoms with Crippen molar-refractivity contribution in [3.05, 3.63) is 86.9 Å². The van der Waals surface area contributed by atoms with Gasteiger partial charge in [-0.3, -0.25) is 10.1 Å².